The Hall–Kier alpha value is -4.22. The topological polar surface area (TPSA) is 106 Å². The molecule has 0 radical (unpaired) electrons. The highest BCUT2D eigenvalue weighted by atomic mass is 16.2. The minimum absolute atomic E-state index is 0.112. The summed E-state index contributed by atoms with van der Waals surface area (Å²) in [6.45, 7) is 5.23. The number of amides is 1. The predicted molar refractivity (Wildman–Crippen MR) is 133 cm³/mol. The number of nitrogens with zero attached hydrogens (tertiary/aromatic N) is 6. The molecular formula is C27H25N7O. The highest BCUT2D eigenvalue weighted by Gasteiger charge is 2.38. The van der Waals surface area contributed by atoms with Crippen LogP contribution in [0.1, 0.15) is 31.4 Å². The Morgan fingerprint density at radius 3 is 2.74 bits per heavy atom. The largest absolute Gasteiger partial charge is 0.340 e. The van der Waals surface area contributed by atoms with Gasteiger partial charge in [0.05, 0.1) is 22.6 Å². The van der Waals surface area contributed by atoms with E-state index in [0.29, 0.717) is 25.1 Å². The van der Waals surface area contributed by atoms with Gasteiger partial charge in [0.1, 0.15) is 6.07 Å². The summed E-state index contributed by atoms with van der Waals surface area (Å²) in [5, 5.41) is 9.08. The molecule has 1 aromatic carbocycles. The van der Waals surface area contributed by atoms with Gasteiger partial charge in [0.15, 0.2) is 5.82 Å². The molecule has 1 atom stereocenters. The summed E-state index contributed by atoms with van der Waals surface area (Å²) in [5.41, 5.74) is 12.2. The van der Waals surface area contributed by atoms with E-state index in [1.807, 2.05) is 37.1 Å². The van der Waals surface area contributed by atoms with Crippen molar-refractivity contribution in [3.8, 4) is 34.5 Å². The van der Waals surface area contributed by atoms with E-state index in [1.165, 1.54) is 0 Å². The number of anilines is 1. The second-order valence-electron chi connectivity index (χ2n) is 9.95. The lowest BCUT2D eigenvalue weighted by Crippen LogP contribution is -2.42. The molecule has 1 fully saturated rings. The molecule has 5 heterocycles. The lowest BCUT2D eigenvalue weighted by atomic mass is 9.88. The lowest BCUT2D eigenvalue weighted by Gasteiger charge is -2.26. The number of aromatic nitrogens is 4. The third-order valence-corrected chi connectivity index (χ3v) is 7.11. The Morgan fingerprint density at radius 2 is 2.03 bits per heavy atom. The maximum atomic E-state index is 12.9. The standard InChI is InChI=1S/C27H25N7O/c1-27(2,29)20-11-25(35)34(16-20)21-4-6-23-19(9-21)15-32-14-18(22-5-3-17(12-28)13-31-22)10-24(32)26-30-7-8-33(23)26/h3-10,13-14,20H,11,15-16,29H2,1-2H3. The van der Waals surface area contributed by atoms with Crippen LogP contribution in [0.15, 0.2) is 61.2 Å². The van der Waals surface area contributed by atoms with Crippen molar-refractivity contribution in [3.63, 3.8) is 0 Å². The highest BCUT2D eigenvalue weighted by molar-refractivity contribution is 5.96. The number of fused-ring (bicyclic) bond motifs is 5. The third-order valence-electron chi connectivity index (χ3n) is 7.11. The molecule has 174 valence electrons. The van der Waals surface area contributed by atoms with Gasteiger partial charge in [-0.15, -0.1) is 0 Å². The van der Waals surface area contributed by atoms with Crippen molar-refractivity contribution < 1.29 is 4.79 Å². The number of rotatable bonds is 3. The van der Waals surface area contributed by atoms with E-state index in [9.17, 15) is 4.79 Å². The second kappa shape index (κ2) is 7.65. The summed E-state index contributed by atoms with van der Waals surface area (Å²) in [6, 6.07) is 14.0. The maximum absolute atomic E-state index is 12.9. The zero-order valence-electron chi connectivity index (χ0n) is 19.6. The molecule has 0 spiro atoms. The first-order valence-corrected chi connectivity index (χ1v) is 11.6. The smallest absolute Gasteiger partial charge is 0.227 e. The van der Waals surface area contributed by atoms with E-state index in [-0.39, 0.29) is 11.8 Å². The van der Waals surface area contributed by atoms with Crippen LogP contribution in [0.4, 0.5) is 5.69 Å². The Morgan fingerprint density at radius 1 is 1.17 bits per heavy atom. The minimum Gasteiger partial charge on any atom is -0.340 e. The average Bonchev–Trinajstić information content (AvgIpc) is 3.56. The number of pyridine rings is 1. The molecule has 8 heteroatoms. The number of nitrogens with two attached hydrogens (primary N) is 1. The van der Waals surface area contributed by atoms with Crippen LogP contribution in [0.25, 0.3) is 28.5 Å². The molecule has 0 aliphatic carbocycles. The van der Waals surface area contributed by atoms with Gasteiger partial charge in [-0.3, -0.25) is 14.3 Å². The Balaban J connectivity index is 1.40. The summed E-state index contributed by atoms with van der Waals surface area (Å²) >= 11 is 0. The van der Waals surface area contributed by atoms with Crippen LogP contribution in [0.5, 0.6) is 0 Å². The van der Waals surface area contributed by atoms with Crippen molar-refractivity contribution >= 4 is 11.6 Å². The van der Waals surface area contributed by atoms with Gasteiger partial charge in [-0.25, -0.2) is 4.98 Å². The van der Waals surface area contributed by atoms with Gasteiger partial charge >= 0.3 is 0 Å². The lowest BCUT2D eigenvalue weighted by molar-refractivity contribution is -0.117. The molecule has 8 nitrogen and oxygen atoms in total. The Bertz CT molecular complexity index is 1500. The molecule has 1 unspecified atom stereocenters. The molecule has 2 aliphatic heterocycles. The third kappa shape index (κ3) is 3.52. The SMILES string of the molecule is CC(C)(N)C1CC(=O)N(c2ccc3c(c2)Cn2cc(-c4ccc(C#N)cn4)cc2-c2nccn2-3)C1. The summed E-state index contributed by atoms with van der Waals surface area (Å²) in [6.07, 6.45) is 7.88. The Kier molecular flexibility index (Phi) is 4.66. The van der Waals surface area contributed by atoms with Crippen molar-refractivity contribution in [2.45, 2.75) is 32.4 Å². The van der Waals surface area contributed by atoms with E-state index in [1.54, 1.807) is 18.5 Å². The highest BCUT2D eigenvalue weighted by Crippen LogP contribution is 2.36. The Labute approximate surface area is 203 Å². The summed E-state index contributed by atoms with van der Waals surface area (Å²) in [4.78, 5) is 23.8. The molecule has 0 saturated carbocycles. The fraction of sp³-hybridized carbons (Fsp3) is 0.259. The van der Waals surface area contributed by atoms with E-state index >= 15 is 0 Å². The van der Waals surface area contributed by atoms with Gasteiger partial charge in [0.2, 0.25) is 5.91 Å². The van der Waals surface area contributed by atoms with Crippen molar-refractivity contribution in [1.29, 1.82) is 5.26 Å². The summed E-state index contributed by atoms with van der Waals surface area (Å²) in [5.74, 6) is 1.08. The molecule has 1 amide bonds. The molecular weight excluding hydrogens is 438 g/mol. The molecule has 1 saturated heterocycles. The number of nitriles is 1. The molecule has 3 aromatic heterocycles. The van der Waals surface area contributed by atoms with Crippen molar-refractivity contribution in [2.75, 3.05) is 11.4 Å². The van der Waals surface area contributed by atoms with E-state index in [4.69, 9.17) is 11.0 Å². The number of carbonyl (C=O) groups excluding carboxylic acids is 1. The number of benzene rings is 1. The molecule has 35 heavy (non-hydrogen) atoms. The summed E-state index contributed by atoms with van der Waals surface area (Å²) < 4.78 is 4.26. The molecule has 2 N–H and O–H groups in total. The molecule has 0 bridgehead atoms. The van der Waals surface area contributed by atoms with Crippen LogP contribution in [0.2, 0.25) is 0 Å². The van der Waals surface area contributed by atoms with Crippen molar-refractivity contribution in [1.82, 2.24) is 19.1 Å². The fourth-order valence-corrected chi connectivity index (χ4v) is 5.03. The van der Waals surface area contributed by atoms with Crippen LogP contribution in [-0.2, 0) is 11.3 Å². The number of carbonyl (C=O) groups is 1. The second-order valence-corrected chi connectivity index (χ2v) is 9.95. The first kappa shape index (κ1) is 21.3. The van der Waals surface area contributed by atoms with Crippen LogP contribution in [0.3, 0.4) is 0 Å². The number of hydrogen-bond acceptors (Lipinski definition) is 5. The van der Waals surface area contributed by atoms with E-state index < -0.39 is 5.54 Å². The first-order valence-electron chi connectivity index (χ1n) is 11.6. The maximum Gasteiger partial charge on any atom is 0.227 e. The first-order chi connectivity index (χ1) is 16.8. The van der Waals surface area contributed by atoms with Gasteiger partial charge in [-0.1, -0.05) is 0 Å². The van der Waals surface area contributed by atoms with Gasteiger partial charge < -0.3 is 15.2 Å². The van der Waals surface area contributed by atoms with Gasteiger partial charge in [-0.05, 0) is 55.8 Å². The van der Waals surface area contributed by atoms with Crippen molar-refractivity contribution in [2.24, 2.45) is 11.7 Å². The van der Waals surface area contributed by atoms with Gasteiger partial charge in [0, 0.05) is 67.0 Å². The van der Waals surface area contributed by atoms with Crippen LogP contribution >= 0.6 is 0 Å². The summed E-state index contributed by atoms with van der Waals surface area (Å²) in [7, 11) is 0. The zero-order valence-corrected chi connectivity index (χ0v) is 19.6. The minimum atomic E-state index is -0.405. The number of hydrogen-bond donors (Lipinski definition) is 1. The van der Waals surface area contributed by atoms with Gasteiger partial charge in [-0.2, -0.15) is 5.26 Å². The monoisotopic (exact) mass is 463 g/mol. The van der Waals surface area contributed by atoms with E-state index in [0.717, 1.165) is 39.7 Å². The fourth-order valence-electron chi connectivity index (χ4n) is 5.03. The van der Waals surface area contributed by atoms with E-state index in [2.05, 4.69) is 49.6 Å². The van der Waals surface area contributed by atoms with Crippen molar-refractivity contribution in [3.05, 3.63) is 72.3 Å². The number of imidazole rings is 1. The van der Waals surface area contributed by atoms with Crippen LogP contribution < -0.4 is 10.6 Å². The predicted octanol–water partition coefficient (Wildman–Crippen LogP) is 3.73. The molecule has 4 aromatic rings. The van der Waals surface area contributed by atoms with Gasteiger partial charge in [0.25, 0.3) is 0 Å². The zero-order chi connectivity index (χ0) is 24.3. The van der Waals surface area contributed by atoms with Crippen LogP contribution in [-0.4, -0.2) is 37.1 Å². The normalized spacial score (nSPS) is 16.9. The molecule has 6 rings (SSSR count). The quantitative estimate of drug-likeness (QED) is 0.439. The average molecular weight is 464 g/mol. The van der Waals surface area contributed by atoms with Crippen LogP contribution in [0, 0.1) is 17.2 Å². The molecule has 2 aliphatic rings.